The number of nitrogens with two attached hydrogens (primary N) is 1. The Kier molecular flexibility index (Phi) is 5.05. The molecule has 88 valence electrons. The lowest BCUT2D eigenvalue weighted by atomic mass is 10.2. The molecule has 1 atom stereocenters. The molecule has 0 bridgehead atoms. The van der Waals surface area contributed by atoms with Crippen molar-refractivity contribution in [1.29, 1.82) is 0 Å². The minimum absolute atomic E-state index is 0.313. The smallest absolute Gasteiger partial charge is 0.323 e. The average Bonchev–Trinajstić information content (AvgIpc) is 3.00. The summed E-state index contributed by atoms with van der Waals surface area (Å²) in [5.74, 6) is 0.522. The largest absolute Gasteiger partial charge is 0.468 e. The molecule has 0 aliphatic heterocycles. The fraction of sp³-hybridized carbons (Fsp3) is 0.909. The molecule has 0 saturated heterocycles. The Balaban J connectivity index is 2.30. The van der Waals surface area contributed by atoms with Gasteiger partial charge in [0.2, 0.25) is 0 Å². The van der Waals surface area contributed by atoms with Gasteiger partial charge in [-0.05, 0) is 31.7 Å². The summed E-state index contributed by atoms with van der Waals surface area (Å²) >= 11 is 0. The van der Waals surface area contributed by atoms with Gasteiger partial charge in [-0.15, -0.1) is 0 Å². The lowest BCUT2D eigenvalue weighted by molar-refractivity contribution is -0.142. The lowest BCUT2D eigenvalue weighted by Gasteiger charge is -2.23. The summed E-state index contributed by atoms with van der Waals surface area (Å²) in [6.07, 6.45) is 3.75. The molecule has 0 heterocycles. The molecule has 1 fully saturated rings. The number of rotatable bonds is 7. The zero-order valence-corrected chi connectivity index (χ0v) is 9.74. The van der Waals surface area contributed by atoms with Gasteiger partial charge in [0.1, 0.15) is 6.04 Å². The van der Waals surface area contributed by atoms with Gasteiger partial charge in [0, 0.05) is 13.1 Å². The van der Waals surface area contributed by atoms with Crippen LogP contribution in [0.4, 0.5) is 0 Å². The molecule has 2 N–H and O–H groups in total. The Labute approximate surface area is 91.8 Å². The van der Waals surface area contributed by atoms with Crippen LogP contribution in [0.3, 0.4) is 0 Å². The Morgan fingerprint density at radius 1 is 1.60 bits per heavy atom. The van der Waals surface area contributed by atoms with Crippen molar-refractivity contribution in [2.24, 2.45) is 11.7 Å². The second-order valence-corrected chi connectivity index (χ2v) is 4.33. The Bertz CT molecular complexity index is 205. The Morgan fingerprint density at radius 3 is 2.73 bits per heavy atom. The van der Waals surface area contributed by atoms with Crippen molar-refractivity contribution in [2.45, 2.75) is 32.2 Å². The molecule has 1 aliphatic carbocycles. The van der Waals surface area contributed by atoms with Gasteiger partial charge in [0.15, 0.2) is 0 Å². The molecule has 0 aromatic heterocycles. The van der Waals surface area contributed by atoms with Gasteiger partial charge in [-0.2, -0.15) is 0 Å². The highest BCUT2D eigenvalue weighted by Crippen LogP contribution is 2.29. The number of hydrogen-bond acceptors (Lipinski definition) is 4. The molecule has 4 heteroatoms. The predicted molar refractivity (Wildman–Crippen MR) is 59.4 cm³/mol. The summed E-state index contributed by atoms with van der Waals surface area (Å²) in [6, 6.07) is -0.500. The first kappa shape index (κ1) is 12.5. The SMILES string of the molecule is CCCN(CC1CC1)CC(N)C(=O)OC. The van der Waals surface area contributed by atoms with Crippen LogP contribution in [0.1, 0.15) is 26.2 Å². The van der Waals surface area contributed by atoms with Crippen molar-refractivity contribution in [1.82, 2.24) is 4.90 Å². The van der Waals surface area contributed by atoms with Gasteiger partial charge in [-0.1, -0.05) is 6.92 Å². The van der Waals surface area contributed by atoms with E-state index in [1.165, 1.54) is 20.0 Å². The number of ether oxygens (including phenoxy) is 1. The van der Waals surface area contributed by atoms with Gasteiger partial charge < -0.3 is 15.4 Å². The summed E-state index contributed by atoms with van der Waals surface area (Å²) in [5.41, 5.74) is 5.74. The minimum Gasteiger partial charge on any atom is -0.468 e. The van der Waals surface area contributed by atoms with Crippen molar-refractivity contribution >= 4 is 5.97 Å². The monoisotopic (exact) mass is 214 g/mol. The first-order chi connectivity index (χ1) is 7.17. The van der Waals surface area contributed by atoms with Crippen LogP contribution in [-0.2, 0) is 9.53 Å². The quantitative estimate of drug-likeness (QED) is 0.631. The Morgan fingerprint density at radius 2 is 2.27 bits per heavy atom. The van der Waals surface area contributed by atoms with Crippen molar-refractivity contribution < 1.29 is 9.53 Å². The highest BCUT2D eigenvalue weighted by molar-refractivity contribution is 5.75. The van der Waals surface area contributed by atoms with E-state index in [1.54, 1.807) is 0 Å². The van der Waals surface area contributed by atoms with Crippen LogP contribution in [0.25, 0.3) is 0 Å². The van der Waals surface area contributed by atoms with E-state index in [-0.39, 0.29) is 5.97 Å². The van der Waals surface area contributed by atoms with Crippen LogP contribution < -0.4 is 5.73 Å². The molecule has 1 unspecified atom stereocenters. The van der Waals surface area contributed by atoms with Gasteiger partial charge >= 0.3 is 5.97 Å². The van der Waals surface area contributed by atoms with E-state index < -0.39 is 6.04 Å². The maximum atomic E-state index is 11.2. The number of methoxy groups -OCH3 is 1. The maximum absolute atomic E-state index is 11.2. The van der Waals surface area contributed by atoms with Gasteiger partial charge in [-0.25, -0.2) is 0 Å². The standard InChI is InChI=1S/C11H22N2O2/c1-3-6-13(7-9-4-5-9)8-10(12)11(14)15-2/h9-10H,3-8,12H2,1-2H3. The van der Waals surface area contributed by atoms with E-state index in [2.05, 4.69) is 16.6 Å². The fourth-order valence-electron chi connectivity index (χ4n) is 1.74. The van der Waals surface area contributed by atoms with Gasteiger partial charge in [0.05, 0.1) is 7.11 Å². The third kappa shape index (κ3) is 4.62. The predicted octanol–water partition coefficient (Wildman–Crippen LogP) is 0.609. The van der Waals surface area contributed by atoms with E-state index in [9.17, 15) is 4.79 Å². The Hall–Kier alpha value is -0.610. The number of nitrogens with zero attached hydrogens (tertiary/aromatic N) is 1. The summed E-state index contributed by atoms with van der Waals surface area (Å²) in [4.78, 5) is 13.5. The van der Waals surface area contributed by atoms with E-state index in [0.29, 0.717) is 6.54 Å². The molecule has 0 spiro atoms. The minimum atomic E-state index is -0.500. The topological polar surface area (TPSA) is 55.6 Å². The molecule has 0 amide bonds. The molecule has 4 nitrogen and oxygen atoms in total. The molecule has 1 rings (SSSR count). The molecule has 0 radical (unpaired) electrons. The van der Waals surface area contributed by atoms with Crippen molar-refractivity contribution in [3.05, 3.63) is 0 Å². The van der Waals surface area contributed by atoms with Crippen LogP contribution in [-0.4, -0.2) is 43.7 Å². The van der Waals surface area contributed by atoms with Crippen molar-refractivity contribution in [3.63, 3.8) is 0 Å². The molecular weight excluding hydrogens is 192 g/mol. The van der Waals surface area contributed by atoms with Crippen molar-refractivity contribution in [2.75, 3.05) is 26.7 Å². The fourth-order valence-corrected chi connectivity index (χ4v) is 1.74. The molecular formula is C11H22N2O2. The van der Waals surface area contributed by atoms with Crippen LogP contribution in [0, 0.1) is 5.92 Å². The second kappa shape index (κ2) is 6.08. The number of carbonyl (C=O) groups excluding carboxylic acids is 1. The number of hydrogen-bond donors (Lipinski definition) is 1. The van der Waals surface area contributed by atoms with E-state index >= 15 is 0 Å². The van der Waals surface area contributed by atoms with Crippen LogP contribution in [0.2, 0.25) is 0 Å². The van der Waals surface area contributed by atoms with Gasteiger partial charge in [-0.3, -0.25) is 4.79 Å². The molecule has 1 aliphatic rings. The average molecular weight is 214 g/mol. The van der Waals surface area contributed by atoms with Crippen LogP contribution in [0.15, 0.2) is 0 Å². The van der Waals surface area contributed by atoms with E-state index in [4.69, 9.17) is 5.73 Å². The normalized spacial score (nSPS) is 17.9. The summed E-state index contributed by atoms with van der Waals surface area (Å²) in [5, 5.41) is 0. The van der Waals surface area contributed by atoms with Crippen LogP contribution >= 0.6 is 0 Å². The van der Waals surface area contributed by atoms with Crippen molar-refractivity contribution in [3.8, 4) is 0 Å². The second-order valence-electron chi connectivity index (χ2n) is 4.33. The highest BCUT2D eigenvalue weighted by atomic mass is 16.5. The zero-order valence-electron chi connectivity index (χ0n) is 9.74. The first-order valence-corrected chi connectivity index (χ1v) is 5.73. The van der Waals surface area contributed by atoms with Crippen LogP contribution in [0.5, 0.6) is 0 Å². The summed E-state index contributed by atoms with van der Waals surface area (Å²) in [6.45, 7) is 4.86. The van der Waals surface area contributed by atoms with E-state index in [1.807, 2.05) is 0 Å². The lowest BCUT2D eigenvalue weighted by Crippen LogP contribution is -2.44. The first-order valence-electron chi connectivity index (χ1n) is 5.73. The molecule has 1 saturated carbocycles. The molecule has 15 heavy (non-hydrogen) atoms. The van der Waals surface area contributed by atoms with E-state index in [0.717, 1.165) is 25.4 Å². The third-order valence-electron chi connectivity index (χ3n) is 2.71. The summed E-state index contributed by atoms with van der Waals surface area (Å²) < 4.78 is 4.62. The summed E-state index contributed by atoms with van der Waals surface area (Å²) in [7, 11) is 1.38. The third-order valence-corrected chi connectivity index (χ3v) is 2.71. The van der Waals surface area contributed by atoms with Gasteiger partial charge in [0.25, 0.3) is 0 Å². The maximum Gasteiger partial charge on any atom is 0.323 e. The molecule has 0 aromatic rings. The number of carbonyl (C=O) groups is 1. The number of esters is 1. The molecule has 0 aromatic carbocycles. The zero-order chi connectivity index (χ0) is 11.3. The highest BCUT2D eigenvalue weighted by Gasteiger charge is 2.26.